The fourth-order valence-corrected chi connectivity index (χ4v) is 2.29. The molecular formula is C15H34N2. The molecule has 0 aromatic rings. The monoisotopic (exact) mass is 242 g/mol. The lowest BCUT2D eigenvalue weighted by Gasteiger charge is -2.37. The molecule has 0 heterocycles. The molecule has 0 aliphatic heterocycles. The third kappa shape index (κ3) is 7.77. The van der Waals surface area contributed by atoms with Crippen LogP contribution in [0.15, 0.2) is 0 Å². The predicted molar refractivity (Wildman–Crippen MR) is 78.5 cm³/mol. The van der Waals surface area contributed by atoms with Gasteiger partial charge in [0, 0.05) is 31.2 Å². The fraction of sp³-hybridized carbons (Fsp3) is 1.00. The van der Waals surface area contributed by atoms with Crippen LogP contribution in [0.25, 0.3) is 0 Å². The molecule has 1 unspecified atom stereocenters. The Kier molecular flexibility index (Phi) is 8.89. The van der Waals surface area contributed by atoms with E-state index >= 15 is 0 Å². The third-order valence-corrected chi connectivity index (χ3v) is 3.09. The van der Waals surface area contributed by atoms with E-state index in [0.29, 0.717) is 18.1 Å². The largest absolute Gasteiger partial charge is 0.313 e. The van der Waals surface area contributed by atoms with Crippen molar-refractivity contribution < 1.29 is 0 Å². The SMILES string of the molecule is CCCC(CNC(C)C)N(CC(C)C)C(C)C. The number of nitrogens with one attached hydrogen (secondary N) is 1. The van der Waals surface area contributed by atoms with Gasteiger partial charge >= 0.3 is 0 Å². The highest BCUT2D eigenvalue weighted by Crippen LogP contribution is 2.13. The third-order valence-electron chi connectivity index (χ3n) is 3.09. The summed E-state index contributed by atoms with van der Waals surface area (Å²) in [6.07, 6.45) is 2.57. The van der Waals surface area contributed by atoms with Gasteiger partial charge in [0.25, 0.3) is 0 Å². The smallest absolute Gasteiger partial charge is 0.0223 e. The number of nitrogens with zero attached hydrogens (tertiary/aromatic N) is 1. The molecular weight excluding hydrogens is 208 g/mol. The highest BCUT2D eigenvalue weighted by Gasteiger charge is 2.21. The summed E-state index contributed by atoms with van der Waals surface area (Å²) in [7, 11) is 0. The molecule has 1 N–H and O–H groups in total. The van der Waals surface area contributed by atoms with Gasteiger partial charge in [-0.25, -0.2) is 0 Å². The second-order valence-corrected chi connectivity index (χ2v) is 6.19. The quantitative estimate of drug-likeness (QED) is 0.665. The standard InChI is InChI=1S/C15H34N2/c1-8-9-15(10-16-13(4)5)17(14(6)7)11-12(2)3/h12-16H,8-11H2,1-7H3. The summed E-state index contributed by atoms with van der Waals surface area (Å²) in [5.74, 6) is 0.746. The van der Waals surface area contributed by atoms with Crippen LogP contribution in [0.1, 0.15) is 61.3 Å². The maximum Gasteiger partial charge on any atom is 0.0223 e. The summed E-state index contributed by atoms with van der Waals surface area (Å²) in [6, 6.07) is 1.91. The molecule has 0 aromatic carbocycles. The van der Waals surface area contributed by atoms with Gasteiger partial charge in [-0.05, 0) is 26.2 Å². The lowest BCUT2D eigenvalue weighted by atomic mass is 10.0. The van der Waals surface area contributed by atoms with Gasteiger partial charge in [-0.2, -0.15) is 0 Å². The molecule has 17 heavy (non-hydrogen) atoms. The predicted octanol–water partition coefficient (Wildman–Crippen LogP) is 3.52. The first kappa shape index (κ1) is 16.9. The Labute approximate surface area is 109 Å². The van der Waals surface area contributed by atoms with E-state index < -0.39 is 0 Å². The first-order valence-corrected chi connectivity index (χ1v) is 7.37. The minimum Gasteiger partial charge on any atom is -0.313 e. The summed E-state index contributed by atoms with van der Waals surface area (Å²) in [5, 5.41) is 3.60. The molecule has 0 fully saturated rings. The highest BCUT2D eigenvalue weighted by atomic mass is 15.2. The Morgan fingerprint density at radius 1 is 1.00 bits per heavy atom. The molecule has 0 saturated carbocycles. The van der Waals surface area contributed by atoms with E-state index in [9.17, 15) is 0 Å². The topological polar surface area (TPSA) is 15.3 Å². The average molecular weight is 242 g/mol. The molecule has 0 bridgehead atoms. The summed E-state index contributed by atoms with van der Waals surface area (Å²) in [5.41, 5.74) is 0. The van der Waals surface area contributed by atoms with Gasteiger partial charge in [-0.15, -0.1) is 0 Å². The minimum absolute atomic E-state index is 0.586. The van der Waals surface area contributed by atoms with E-state index in [1.165, 1.54) is 19.4 Å². The van der Waals surface area contributed by atoms with Crippen molar-refractivity contribution in [3.05, 3.63) is 0 Å². The normalized spacial score (nSPS) is 14.3. The molecule has 0 saturated heterocycles. The molecule has 0 rings (SSSR count). The van der Waals surface area contributed by atoms with Crippen molar-refractivity contribution in [1.82, 2.24) is 10.2 Å². The van der Waals surface area contributed by atoms with Crippen molar-refractivity contribution in [2.24, 2.45) is 5.92 Å². The van der Waals surface area contributed by atoms with Crippen LogP contribution in [-0.2, 0) is 0 Å². The first-order valence-electron chi connectivity index (χ1n) is 7.37. The number of hydrogen-bond donors (Lipinski definition) is 1. The Bertz CT molecular complexity index is 176. The van der Waals surface area contributed by atoms with Crippen LogP contribution in [0, 0.1) is 5.92 Å². The first-order chi connectivity index (χ1) is 7.88. The molecule has 0 aliphatic rings. The van der Waals surface area contributed by atoms with Crippen LogP contribution in [0.5, 0.6) is 0 Å². The van der Waals surface area contributed by atoms with Crippen molar-refractivity contribution in [2.75, 3.05) is 13.1 Å². The van der Waals surface area contributed by atoms with E-state index in [1.807, 2.05) is 0 Å². The average Bonchev–Trinajstić information content (AvgIpc) is 2.20. The number of hydrogen-bond acceptors (Lipinski definition) is 2. The van der Waals surface area contributed by atoms with Crippen molar-refractivity contribution in [1.29, 1.82) is 0 Å². The second kappa shape index (κ2) is 8.93. The zero-order valence-corrected chi connectivity index (χ0v) is 13.1. The van der Waals surface area contributed by atoms with Crippen LogP contribution in [0.3, 0.4) is 0 Å². The highest BCUT2D eigenvalue weighted by molar-refractivity contribution is 4.78. The molecule has 0 aliphatic carbocycles. The summed E-state index contributed by atoms with van der Waals surface area (Å²) >= 11 is 0. The van der Waals surface area contributed by atoms with E-state index in [1.54, 1.807) is 0 Å². The van der Waals surface area contributed by atoms with E-state index in [0.717, 1.165) is 12.5 Å². The molecule has 2 heteroatoms. The van der Waals surface area contributed by atoms with Gasteiger partial charge in [-0.1, -0.05) is 41.0 Å². The minimum atomic E-state index is 0.586. The van der Waals surface area contributed by atoms with Gasteiger partial charge in [-0.3, -0.25) is 4.90 Å². The Morgan fingerprint density at radius 3 is 1.94 bits per heavy atom. The Morgan fingerprint density at radius 2 is 1.59 bits per heavy atom. The molecule has 2 nitrogen and oxygen atoms in total. The zero-order chi connectivity index (χ0) is 13.4. The van der Waals surface area contributed by atoms with Crippen LogP contribution in [0.4, 0.5) is 0 Å². The van der Waals surface area contributed by atoms with Crippen molar-refractivity contribution in [3.63, 3.8) is 0 Å². The van der Waals surface area contributed by atoms with Gasteiger partial charge in [0.05, 0.1) is 0 Å². The van der Waals surface area contributed by atoms with E-state index in [4.69, 9.17) is 0 Å². The summed E-state index contributed by atoms with van der Waals surface area (Å²) in [4.78, 5) is 2.67. The van der Waals surface area contributed by atoms with Crippen molar-refractivity contribution in [3.8, 4) is 0 Å². The van der Waals surface area contributed by atoms with Crippen LogP contribution in [0.2, 0.25) is 0 Å². The molecule has 104 valence electrons. The van der Waals surface area contributed by atoms with Gasteiger partial charge in [0.1, 0.15) is 0 Å². The molecule has 0 aromatic heterocycles. The molecule has 1 atom stereocenters. The summed E-state index contributed by atoms with van der Waals surface area (Å²) < 4.78 is 0. The van der Waals surface area contributed by atoms with Gasteiger partial charge in [0.2, 0.25) is 0 Å². The molecule has 0 amide bonds. The Balaban J connectivity index is 4.46. The lowest BCUT2D eigenvalue weighted by molar-refractivity contribution is 0.123. The van der Waals surface area contributed by atoms with Gasteiger partial charge in [0.15, 0.2) is 0 Å². The molecule has 0 radical (unpaired) electrons. The van der Waals surface area contributed by atoms with Crippen LogP contribution >= 0.6 is 0 Å². The Hall–Kier alpha value is -0.0800. The second-order valence-electron chi connectivity index (χ2n) is 6.19. The van der Waals surface area contributed by atoms with E-state index in [2.05, 4.69) is 58.7 Å². The maximum absolute atomic E-state index is 3.60. The summed E-state index contributed by atoms with van der Waals surface area (Å²) in [6.45, 7) is 18.3. The van der Waals surface area contributed by atoms with Crippen LogP contribution < -0.4 is 5.32 Å². The number of rotatable bonds is 9. The molecule has 0 spiro atoms. The van der Waals surface area contributed by atoms with Gasteiger partial charge < -0.3 is 5.32 Å². The lowest BCUT2D eigenvalue weighted by Crippen LogP contribution is -2.48. The van der Waals surface area contributed by atoms with Crippen molar-refractivity contribution in [2.45, 2.75) is 79.4 Å². The van der Waals surface area contributed by atoms with Crippen LogP contribution in [-0.4, -0.2) is 36.1 Å². The van der Waals surface area contributed by atoms with Crippen molar-refractivity contribution >= 4 is 0 Å². The maximum atomic E-state index is 3.60. The fourth-order valence-electron chi connectivity index (χ4n) is 2.29. The van der Waals surface area contributed by atoms with E-state index in [-0.39, 0.29) is 0 Å². The zero-order valence-electron chi connectivity index (χ0n) is 13.1.